The van der Waals surface area contributed by atoms with Crippen molar-refractivity contribution < 1.29 is 8.42 Å². The summed E-state index contributed by atoms with van der Waals surface area (Å²) in [6, 6.07) is 10.4. The molecule has 1 aliphatic heterocycles. The van der Waals surface area contributed by atoms with Crippen molar-refractivity contribution in [2.75, 3.05) is 31.1 Å². The number of nitriles is 1. The maximum absolute atomic E-state index is 13.0. The van der Waals surface area contributed by atoms with Gasteiger partial charge in [-0.05, 0) is 25.1 Å². The van der Waals surface area contributed by atoms with Crippen LogP contribution in [0.4, 0.5) is 5.82 Å². The van der Waals surface area contributed by atoms with Crippen LogP contribution in [0.2, 0.25) is 0 Å². The van der Waals surface area contributed by atoms with E-state index in [-0.39, 0.29) is 10.5 Å². The molecular weight excluding hydrogens is 382 g/mol. The van der Waals surface area contributed by atoms with Gasteiger partial charge in [-0.2, -0.15) is 9.57 Å². The van der Waals surface area contributed by atoms with Gasteiger partial charge >= 0.3 is 0 Å². The third-order valence-corrected chi connectivity index (χ3v) is 7.51. The fourth-order valence-electron chi connectivity index (χ4n) is 3.28. The highest BCUT2D eigenvalue weighted by Gasteiger charge is 2.31. The fourth-order valence-corrected chi connectivity index (χ4v) is 5.68. The highest BCUT2D eigenvalue weighted by atomic mass is 32.2. The number of anilines is 1. The molecule has 3 heterocycles. The minimum absolute atomic E-state index is 0.0684. The average molecular weight is 400 g/mol. The Balaban J connectivity index is 1.58. The highest BCUT2D eigenvalue weighted by Crippen LogP contribution is 2.31. The zero-order valence-electron chi connectivity index (χ0n) is 14.7. The van der Waals surface area contributed by atoms with Crippen molar-refractivity contribution in [3.05, 3.63) is 47.1 Å². The second-order valence-electron chi connectivity index (χ2n) is 6.27. The molecule has 0 unspecified atom stereocenters. The Morgan fingerprint density at radius 2 is 1.89 bits per heavy atom. The average Bonchev–Trinajstić information content (AvgIpc) is 3.08. The lowest BCUT2D eigenvalue weighted by molar-refractivity contribution is 0.384. The second kappa shape index (κ2) is 6.88. The summed E-state index contributed by atoms with van der Waals surface area (Å²) in [4.78, 5) is 13.0. The molecule has 1 fully saturated rings. The summed E-state index contributed by atoms with van der Waals surface area (Å²) in [5.41, 5.74) is 0.172. The normalized spacial score (nSPS) is 15.8. The van der Waals surface area contributed by atoms with Gasteiger partial charge in [0.1, 0.15) is 23.0 Å². The number of nitrogens with zero attached hydrogens (tertiary/aromatic N) is 5. The lowest BCUT2D eigenvalue weighted by atomic mass is 10.2. The third kappa shape index (κ3) is 3.16. The van der Waals surface area contributed by atoms with Crippen LogP contribution in [-0.4, -0.2) is 48.9 Å². The first-order chi connectivity index (χ1) is 13.0. The van der Waals surface area contributed by atoms with Gasteiger partial charge in [-0.1, -0.05) is 12.1 Å². The van der Waals surface area contributed by atoms with Crippen LogP contribution < -0.4 is 4.90 Å². The molecule has 7 nitrogen and oxygen atoms in total. The molecule has 0 aliphatic carbocycles. The Kier molecular flexibility index (Phi) is 4.55. The summed E-state index contributed by atoms with van der Waals surface area (Å²) in [7, 11) is -3.70. The SMILES string of the molecule is Cc1cc2c(N3CCN(S(=O)(=O)c4ccccc4C#N)CC3)ncnc2s1. The maximum atomic E-state index is 13.0. The van der Waals surface area contributed by atoms with E-state index >= 15 is 0 Å². The maximum Gasteiger partial charge on any atom is 0.244 e. The highest BCUT2D eigenvalue weighted by molar-refractivity contribution is 7.89. The number of rotatable bonds is 3. The predicted octanol–water partition coefficient (Wildman–Crippen LogP) is 2.38. The van der Waals surface area contributed by atoms with Gasteiger partial charge in [0.05, 0.1) is 15.8 Å². The van der Waals surface area contributed by atoms with Crippen molar-refractivity contribution in [3.8, 4) is 6.07 Å². The number of thiophene rings is 1. The molecule has 0 spiro atoms. The van der Waals surface area contributed by atoms with E-state index in [1.807, 2.05) is 13.0 Å². The molecule has 0 amide bonds. The number of sulfonamides is 1. The zero-order chi connectivity index (χ0) is 19.0. The van der Waals surface area contributed by atoms with Gasteiger partial charge < -0.3 is 4.90 Å². The van der Waals surface area contributed by atoms with E-state index in [0.717, 1.165) is 16.0 Å². The van der Waals surface area contributed by atoms with E-state index < -0.39 is 10.0 Å². The molecular formula is C18H17N5O2S2. The lowest BCUT2D eigenvalue weighted by Crippen LogP contribution is -2.49. The van der Waals surface area contributed by atoms with Crippen LogP contribution in [0, 0.1) is 18.3 Å². The van der Waals surface area contributed by atoms with Gasteiger partial charge in [0.15, 0.2) is 0 Å². The van der Waals surface area contributed by atoms with E-state index in [0.29, 0.717) is 26.2 Å². The van der Waals surface area contributed by atoms with Gasteiger partial charge in [-0.3, -0.25) is 0 Å². The van der Waals surface area contributed by atoms with Crippen molar-refractivity contribution >= 4 is 37.4 Å². The summed E-state index contributed by atoms with van der Waals surface area (Å²) >= 11 is 1.62. The van der Waals surface area contributed by atoms with Crippen LogP contribution in [0.25, 0.3) is 10.2 Å². The number of benzene rings is 1. The molecule has 1 saturated heterocycles. The van der Waals surface area contributed by atoms with Gasteiger partial charge in [0.25, 0.3) is 0 Å². The van der Waals surface area contributed by atoms with Gasteiger partial charge in [-0.25, -0.2) is 18.4 Å². The van der Waals surface area contributed by atoms with Crippen molar-refractivity contribution in [1.29, 1.82) is 5.26 Å². The first-order valence-electron chi connectivity index (χ1n) is 8.46. The van der Waals surface area contributed by atoms with Crippen LogP contribution in [-0.2, 0) is 10.0 Å². The Morgan fingerprint density at radius 1 is 1.15 bits per heavy atom. The monoisotopic (exact) mass is 399 g/mol. The molecule has 0 bridgehead atoms. The van der Waals surface area contributed by atoms with Gasteiger partial charge in [-0.15, -0.1) is 11.3 Å². The Hall–Kier alpha value is -2.54. The van der Waals surface area contributed by atoms with E-state index in [2.05, 4.69) is 20.9 Å². The first-order valence-corrected chi connectivity index (χ1v) is 10.7. The molecule has 1 aliphatic rings. The molecule has 0 radical (unpaired) electrons. The molecule has 0 atom stereocenters. The Bertz CT molecular complexity index is 1140. The lowest BCUT2D eigenvalue weighted by Gasteiger charge is -2.35. The standard InChI is InChI=1S/C18H17N5O2S2/c1-13-10-15-17(20-12-21-18(15)26-13)22-6-8-23(9-7-22)27(24,25)16-5-3-2-4-14(16)11-19/h2-5,10,12H,6-9H2,1H3. The number of aryl methyl sites for hydroxylation is 1. The van der Waals surface area contributed by atoms with Crippen LogP contribution in [0.5, 0.6) is 0 Å². The molecule has 9 heteroatoms. The minimum atomic E-state index is -3.70. The third-order valence-electron chi connectivity index (χ3n) is 4.60. The zero-order valence-corrected chi connectivity index (χ0v) is 16.3. The van der Waals surface area contributed by atoms with Gasteiger partial charge in [0, 0.05) is 31.1 Å². The summed E-state index contributed by atoms with van der Waals surface area (Å²) in [5.74, 6) is 0.846. The van der Waals surface area contributed by atoms with Crippen molar-refractivity contribution in [3.63, 3.8) is 0 Å². The number of aromatic nitrogens is 2. The minimum Gasteiger partial charge on any atom is -0.353 e. The Morgan fingerprint density at radius 3 is 2.63 bits per heavy atom. The molecule has 2 aromatic heterocycles. The largest absolute Gasteiger partial charge is 0.353 e. The van der Waals surface area contributed by atoms with E-state index in [1.165, 1.54) is 21.3 Å². The second-order valence-corrected chi connectivity index (χ2v) is 9.41. The molecule has 138 valence electrons. The quantitative estimate of drug-likeness (QED) is 0.672. The summed E-state index contributed by atoms with van der Waals surface area (Å²) in [6.07, 6.45) is 1.56. The number of hydrogen-bond acceptors (Lipinski definition) is 7. The van der Waals surface area contributed by atoms with Gasteiger partial charge in [0.2, 0.25) is 10.0 Å². The molecule has 3 aromatic rings. The van der Waals surface area contributed by atoms with Crippen molar-refractivity contribution in [1.82, 2.24) is 14.3 Å². The van der Waals surface area contributed by atoms with Crippen LogP contribution in [0.3, 0.4) is 0 Å². The summed E-state index contributed by atoms with van der Waals surface area (Å²) < 4.78 is 27.4. The first kappa shape index (κ1) is 17.9. The summed E-state index contributed by atoms with van der Waals surface area (Å²) in [5, 5.41) is 10.2. The van der Waals surface area contributed by atoms with Crippen molar-refractivity contribution in [2.45, 2.75) is 11.8 Å². The number of hydrogen-bond donors (Lipinski definition) is 0. The van der Waals surface area contributed by atoms with Crippen LogP contribution in [0.1, 0.15) is 10.4 Å². The smallest absolute Gasteiger partial charge is 0.244 e. The molecule has 0 saturated carbocycles. The Labute approximate surface area is 161 Å². The van der Waals surface area contributed by atoms with E-state index in [4.69, 9.17) is 0 Å². The molecule has 27 heavy (non-hydrogen) atoms. The van der Waals surface area contributed by atoms with Crippen LogP contribution in [0.15, 0.2) is 41.6 Å². The molecule has 4 rings (SSSR count). The van der Waals surface area contributed by atoms with Crippen molar-refractivity contribution in [2.24, 2.45) is 0 Å². The topological polar surface area (TPSA) is 90.2 Å². The number of fused-ring (bicyclic) bond motifs is 1. The van der Waals surface area contributed by atoms with Crippen LogP contribution >= 0.6 is 11.3 Å². The predicted molar refractivity (Wildman–Crippen MR) is 104 cm³/mol. The molecule has 0 N–H and O–H groups in total. The molecule has 1 aromatic carbocycles. The van der Waals surface area contributed by atoms with E-state index in [1.54, 1.807) is 29.8 Å². The fraction of sp³-hybridized carbons (Fsp3) is 0.278. The van der Waals surface area contributed by atoms with E-state index in [9.17, 15) is 13.7 Å². The number of piperazine rings is 1. The summed E-state index contributed by atoms with van der Waals surface area (Å²) in [6.45, 7) is 3.80.